The molecule has 42 heavy (non-hydrogen) atoms. The van der Waals surface area contributed by atoms with Gasteiger partial charge in [0, 0.05) is 26.5 Å². The Morgan fingerprint density at radius 1 is 0.952 bits per heavy atom. The van der Waals surface area contributed by atoms with Gasteiger partial charge in [0.25, 0.3) is 10.0 Å². The van der Waals surface area contributed by atoms with Gasteiger partial charge in [0.05, 0.1) is 24.1 Å². The highest BCUT2D eigenvalue weighted by Crippen LogP contribution is 2.37. The van der Waals surface area contributed by atoms with E-state index in [1.807, 2.05) is 13.0 Å². The molecule has 1 atom stereocenters. The summed E-state index contributed by atoms with van der Waals surface area (Å²) in [4.78, 5) is 25.3. The average molecular weight is 630 g/mol. The van der Waals surface area contributed by atoms with Crippen molar-refractivity contribution in [3.63, 3.8) is 0 Å². The number of sulfonamides is 1. The quantitative estimate of drug-likeness (QED) is 0.172. The zero-order valence-corrected chi connectivity index (χ0v) is 25.3. The SMILES string of the molecule is CCCCC(C(=O)O)N(c1cccc2c(NC(=O)Cc3cccc(OC)c3)cccc12)S(=O)(=O)c1cc(Cl)cc(Cl)c1. The minimum Gasteiger partial charge on any atom is -0.497 e. The van der Waals surface area contributed by atoms with Gasteiger partial charge in [-0.3, -0.25) is 9.10 Å². The van der Waals surface area contributed by atoms with Crippen molar-refractivity contribution in [2.45, 2.75) is 43.5 Å². The van der Waals surface area contributed by atoms with Gasteiger partial charge < -0.3 is 15.2 Å². The van der Waals surface area contributed by atoms with Gasteiger partial charge in [-0.15, -0.1) is 0 Å². The molecular formula is C31H30Cl2N2O6S. The molecule has 0 bridgehead atoms. The number of amides is 1. The normalized spacial score (nSPS) is 12.1. The number of hydrogen-bond donors (Lipinski definition) is 2. The number of carbonyl (C=O) groups excluding carboxylic acids is 1. The summed E-state index contributed by atoms with van der Waals surface area (Å²) in [7, 11) is -2.91. The number of ether oxygens (including phenoxy) is 1. The molecule has 1 amide bonds. The molecule has 1 unspecified atom stereocenters. The van der Waals surface area contributed by atoms with E-state index in [0.29, 0.717) is 35.1 Å². The molecule has 4 rings (SSSR count). The second-order valence-electron chi connectivity index (χ2n) is 9.66. The van der Waals surface area contributed by atoms with Gasteiger partial charge >= 0.3 is 5.97 Å². The molecule has 4 aromatic carbocycles. The van der Waals surface area contributed by atoms with Crippen LogP contribution >= 0.6 is 23.2 Å². The predicted octanol–water partition coefficient (Wildman–Crippen LogP) is 7.18. The van der Waals surface area contributed by atoms with Crippen molar-refractivity contribution in [2.24, 2.45) is 0 Å². The van der Waals surface area contributed by atoms with E-state index in [4.69, 9.17) is 27.9 Å². The van der Waals surface area contributed by atoms with Crippen LogP contribution in [-0.4, -0.2) is 38.6 Å². The number of unbranched alkanes of at least 4 members (excludes halogenated alkanes) is 1. The molecule has 0 aliphatic heterocycles. The number of nitrogens with zero attached hydrogens (tertiary/aromatic N) is 1. The summed E-state index contributed by atoms with van der Waals surface area (Å²) >= 11 is 12.3. The molecule has 0 aliphatic carbocycles. The number of carboxylic acids is 1. The van der Waals surface area contributed by atoms with E-state index in [1.54, 1.807) is 61.7 Å². The van der Waals surface area contributed by atoms with Crippen molar-refractivity contribution in [3.05, 3.63) is 94.5 Å². The molecule has 0 saturated carbocycles. The third kappa shape index (κ3) is 6.98. The number of fused-ring (bicyclic) bond motifs is 1. The molecule has 0 heterocycles. The Balaban J connectivity index is 1.82. The van der Waals surface area contributed by atoms with Gasteiger partial charge in [0.1, 0.15) is 11.8 Å². The van der Waals surface area contributed by atoms with Gasteiger partial charge in [-0.05, 0) is 54.4 Å². The maximum Gasteiger partial charge on any atom is 0.327 e. The fraction of sp³-hybridized carbons (Fsp3) is 0.226. The third-order valence-corrected chi connectivity index (χ3v) is 8.94. The van der Waals surface area contributed by atoms with Crippen LogP contribution in [0.25, 0.3) is 10.8 Å². The molecular weight excluding hydrogens is 599 g/mol. The smallest absolute Gasteiger partial charge is 0.327 e. The van der Waals surface area contributed by atoms with Crippen LogP contribution in [-0.2, 0) is 26.0 Å². The van der Waals surface area contributed by atoms with Gasteiger partial charge in [0.2, 0.25) is 5.91 Å². The lowest BCUT2D eigenvalue weighted by Crippen LogP contribution is -2.45. The average Bonchev–Trinajstić information content (AvgIpc) is 2.94. The molecule has 0 fully saturated rings. The van der Waals surface area contributed by atoms with E-state index in [1.165, 1.54) is 18.2 Å². The first-order valence-corrected chi connectivity index (χ1v) is 15.4. The number of rotatable bonds is 12. The van der Waals surface area contributed by atoms with E-state index in [2.05, 4.69) is 5.32 Å². The lowest BCUT2D eigenvalue weighted by Gasteiger charge is -2.31. The van der Waals surface area contributed by atoms with Gasteiger partial charge in [-0.2, -0.15) is 0 Å². The zero-order valence-electron chi connectivity index (χ0n) is 23.0. The molecule has 220 valence electrons. The van der Waals surface area contributed by atoms with Crippen LogP contribution in [0.15, 0.2) is 83.8 Å². The number of nitrogens with one attached hydrogen (secondary N) is 1. The van der Waals surface area contributed by atoms with E-state index in [9.17, 15) is 23.1 Å². The summed E-state index contributed by atoms with van der Waals surface area (Å²) in [6.45, 7) is 1.90. The van der Waals surface area contributed by atoms with E-state index in [0.717, 1.165) is 9.87 Å². The molecule has 0 saturated heterocycles. The number of methoxy groups -OCH3 is 1. The summed E-state index contributed by atoms with van der Waals surface area (Å²) in [5, 5.41) is 14.3. The van der Waals surface area contributed by atoms with Crippen molar-refractivity contribution in [1.82, 2.24) is 0 Å². The molecule has 0 radical (unpaired) electrons. The maximum atomic E-state index is 14.2. The van der Waals surface area contributed by atoms with Crippen LogP contribution < -0.4 is 14.4 Å². The number of benzene rings is 4. The molecule has 2 N–H and O–H groups in total. The Kier molecular flexibility index (Phi) is 9.98. The van der Waals surface area contributed by atoms with Crippen LogP contribution in [0.3, 0.4) is 0 Å². The lowest BCUT2D eigenvalue weighted by atomic mass is 10.0. The largest absolute Gasteiger partial charge is 0.497 e. The van der Waals surface area contributed by atoms with Crippen molar-refractivity contribution in [2.75, 3.05) is 16.7 Å². The Hall–Kier alpha value is -3.79. The summed E-state index contributed by atoms with van der Waals surface area (Å²) < 4.78 is 34.5. The standard InChI is InChI=1S/C31H30Cl2N2O6S/c1-3-4-13-29(31(37)38)35(42(39,40)24-18-21(32)17-22(33)19-24)28-14-7-10-25-26(28)11-6-12-27(25)34-30(36)16-20-8-5-9-23(15-20)41-2/h5-12,14-15,17-19,29H,3-4,13,16H2,1-2H3,(H,34,36)(H,37,38). The molecule has 11 heteroatoms. The topological polar surface area (TPSA) is 113 Å². The Morgan fingerprint density at radius 2 is 1.62 bits per heavy atom. The predicted molar refractivity (Wildman–Crippen MR) is 166 cm³/mol. The van der Waals surface area contributed by atoms with Gasteiger partial charge in [0.15, 0.2) is 0 Å². The molecule has 0 aliphatic rings. The highest BCUT2D eigenvalue weighted by Gasteiger charge is 2.37. The van der Waals surface area contributed by atoms with Crippen LogP contribution in [0.5, 0.6) is 5.75 Å². The molecule has 0 spiro atoms. The lowest BCUT2D eigenvalue weighted by molar-refractivity contribution is -0.138. The summed E-state index contributed by atoms with van der Waals surface area (Å²) in [5.41, 5.74) is 1.35. The minimum atomic E-state index is -4.46. The van der Waals surface area contributed by atoms with Gasteiger partial charge in [-0.1, -0.05) is 79.4 Å². The van der Waals surface area contributed by atoms with Crippen LogP contribution in [0.1, 0.15) is 31.7 Å². The van der Waals surface area contributed by atoms with E-state index < -0.39 is 22.0 Å². The number of carbonyl (C=O) groups is 2. The molecule has 0 aromatic heterocycles. The Morgan fingerprint density at radius 3 is 2.29 bits per heavy atom. The highest BCUT2D eigenvalue weighted by atomic mass is 35.5. The summed E-state index contributed by atoms with van der Waals surface area (Å²) in [6.07, 6.45) is 1.31. The number of anilines is 2. The van der Waals surface area contributed by atoms with Gasteiger partial charge in [-0.25, -0.2) is 13.2 Å². The van der Waals surface area contributed by atoms with Crippen molar-refractivity contribution in [1.29, 1.82) is 0 Å². The minimum absolute atomic E-state index is 0.0761. The zero-order chi connectivity index (χ0) is 30.4. The fourth-order valence-electron chi connectivity index (χ4n) is 4.75. The third-order valence-electron chi connectivity index (χ3n) is 6.70. The first-order chi connectivity index (χ1) is 20.0. The maximum absolute atomic E-state index is 14.2. The summed E-state index contributed by atoms with van der Waals surface area (Å²) in [6, 6.07) is 19.6. The van der Waals surface area contributed by atoms with Crippen molar-refractivity contribution < 1.29 is 27.9 Å². The first kappa shape index (κ1) is 31.2. The number of carboxylic acid groups (broad SMARTS) is 1. The van der Waals surface area contributed by atoms with Crippen LogP contribution in [0.4, 0.5) is 11.4 Å². The van der Waals surface area contributed by atoms with Crippen LogP contribution in [0, 0.1) is 0 Å². The number of aliphatic carboxylic acids is 1. The molecule has 4 aromatic rings. The fourth-order valence-corrected chi connectivity index (χ4v) is 7.13. The number of hydrogen-bond acceptors (Lipinski definition) is 5. The highest BCUT2D eigenvalue weighted by molar-refractivity contribution is 7.93. The second kappa shape index (κ2) is 13.5. The van der Waals surface area contributed by atoms with E-state index in [-0.39, 0.29) is 39.4 Å². The Labute approximate surface area is 254 Å². The monoisotopic (exact) mass is 628 g/mol. The number of halogens is 2. The second-order valence-corrected chi connectivity index (χ2v) is 12.3. The van der Waals surface area contributed by atoms with Crippen LogP contribution in [0.2, 0.25) is 10.0 Å². The Bertz CT molecular complexity index is 1710. The molecule has 8 nitrogen and oxygen atoms in total. The first-order valence-electron chi connectivity index (χ1n) is 13.2. The van der Waals surface area contributed by atoms with Crippen molar-refractivity contribution in [3.8, 4) is 5.75 Å². The summed E-state index contributed by atoms with van der Waals surface area (Å²) in [5.74, 6) is -0.945. The van der Waals surface area contributed by atoms with E-state index >= 15 is 0 Å². The van der Waals surface area contributed by atoms with Crippen molar-refractivity contribution >= 4 is 67.2 Å².